The molecule has 1 saturated carbocycles. The number of amides is 1. The molecule has 4 aromatic rings. The first-order chi connectivity index (χ1) is 22.6. The van der Waals surface area contributed by atoms with E-state index in [1.165, 1.54) is 18.1 Å². The number of rotatable bonds is 11. The number of alkyl halides is 3. The van der Waals surface area contributed by atoms with E-state index < -0.39 is 23.2 Å². The van der Waals surface area contributed by atoms with Crippen molar-refractivity contribution in [3.63, 3.8) is 0 Å². The number of methoxy groups -OCH3 is 1. The summed E-state index contributed by atoms with van der Waals surface area (Å²) in [6.45, 7) is 0.593. The molecule has 1 amide bonds. The zero-order valence-electron chi connectivity index (χ0n) is 25.6. The van der Waals surface area contributed by atoms with Crippen LogP contribution in [0, 0.1) is 22.7 Å². The number of fused-ring (bicyclic) bond motifs is 1. The topological polar surface area (TPSA) is 145 Å². The molecule has 14 heteroatoms. The first-order valence-electron chi connectivity index (χ1n) is 14.9. The number of pyridine rings is 1. The predicted octanol–water partition coefficient (Wildman–Crippen LogP) is 5.19. The van der Waals surface area contributed by atoms with E-state index in [2.05, 4.69) is 33.0 Å². The number of halogens is 3. The Morgan fingerprint density at radius 3 is 2.55 bits per heavy atom. The van der Waals surface area contributed by atoms with Crippen molar-refractivity contribution in [2.75, 3.05) is 30.5 Å². The smallest absolute Gasteiger partial charge is 0.383 e. The summed E-state index contributed by atoms with van der Waals surface area (Å²) in [6, 6.07) is 15.4. The maximum atomic E-state index is 14.4. The molecule has 0 radical (unpaired) electrons. The van der Waals surface area contributed by atoms with Crippen LogP contribution in [0.15, 0.2) is 48.8 Å². The lowest BCUT2D eigenvalue weighted by Crippen LogP contribution is -2.26. The van der Waals surface area contributed by atoms with Crippen molar-refractivity contribution in [2.45, 2.75) is 44.1 Å². The van der Waals surface area contributed by atoms with Gasteiger partial charge in [-0.3, -0.25) is 9.69 Å². The van der Waals surface area contributed by atoms with Gasteiger partial charge < -0.3 is 19.9 Å². The Kier molecular flexibility index (Phi) is 8.40. The van der Waals surface area contributed by atoms with Crippen molar-refractivity contribution in [1.29, 1.82) is 10.5 Å². The van der Waals surface area contributed by atoms with Crippen LogP contribution >= 0.6 is 0 Å². The normalized spacial score (nSPS) is 14.9. The van der Waals surface area contributed by atoms with Gasteiger partial charge in [-0.25, -0.2) is 4.98 Å². The number of nitrogens with one attached hydrogen (secondary N) is 2. The van der Waals surface area contributed by atoms with Crippen LogP contribution in [-0.4, -0.2) is 51.5 Å². The third-order valence-electron chi connectivity index (χ3n) is 8.38. The minimum atomic E-state index is -4.69. The molecule has 0 atom stereocenters. The highest BCUT2D eigenvalue weighted by Crippen LogP contribution is 2.44. The highest BCUT2D eigenvalue weighted by atomic mass is 19.4. The van der Waals surface area contributed by atoms with Crippen LogP contribution in [0.4, 0.5) is 24.8 Å². The summed E-state index contributed by atoms with van der Waals surface area (Å²) in [7, 11) is 3.31. The minimum Gasteiger partial charge on any atom is -0.383 e. The van der Waals surface area contributed by atoms with Gasteiger partial charge in [0.25, 0.3) is 5.91 Å². The van der Waals surface area contributed by atoms with Gasteiger partial charge in [0.15, 0.2) is 5.82 Å². The Hall–Kier alpha value is -5.31. The summed E-state index contributed by atoms with van der Waals surface area (Å²) in [5, 5.41) is 33.7. The molecule has 2 N–H and O–H groups in total. The summed E-state index contributed by atoms with van der Waals surface area (Å²) in [4.78, 5) is 19.8. The lowest BCUT2D eigenvalue weighted by Gasteiger charge is -2.21. The number of aryl methyl sites for hydroxylation is 1. The summed E-state index contributed by atoms with van der Waals surface area (Å²) in [5.41, 5.74) is 0.925. The summed E-state index contributed by atoms with van der Waals surface area (Å²) in [6.07, 6.45) is -1.45. The minimum absolute atomic E-state index is 0.0422. The van der Waals surface area contributed by atoms with Crippen molar-refractivity contribution < 1.29 is 22.7 Å². The van der Waals surface area contributed by atoms with Crippen LogP contribution in [0.5, 0.6) is 0 Å². The number of nitriles is 2. The van der Waals surface area contributed by atoms with E-state index in [1.807, 2.05) is 0 Å². The number of hydrogen-bond donors (Lipinski definition) is 2. The van der Waals surface area contributed by atoms with Gasteiger partial charge in [0, 0.05) is 38.4 Å². The monoisotopic (exact) mass is 641 g/mol. The Morgan fingerprint density at radius 2 is 1.89 bits per heavy atom. The van der Waals surface area contributed by atoms with Crippen LogP contribution in [0.3, 0.4) is 0 Å². The average molecular weight is 642 g/mol. The lowest BCUT2D eigenvalue weighted by atomic mass is 9.97. The van der Waals surface area contributed by atoms with Crippen molar-refractivity contribution >= 4 is 17.5 Å². The molecule has 47 heavy (non-hydrogen) atoms. The van der Waals surface area contributed by atoms with Crippen LogP contribution in [0.2, 0.25) is 0 Å². The van der Waals surface area contributed by atoms with Gasteiger partial charge >= 0.3 is 6.18 Å². The molecule has 2 aromatic carbocycles. The Balaban J connectivity index is 1.46. The van der Waals surface area contributed by atoms with E-state index in [4.69, 9.17) is 9.72 Å². The van der Waals surface area contributed by atoms with E-state index in [-0.39, 0.29) is 36.5 Å². The third-order valence-corrected chi connectivity index (χ3v) is 8.38. The molecule has 2 aliphatic rings. The second kappa shape index (κ2) is 12.5. The molecule has 6 rings (SSSR count). The van der Waals surface area contributed by atoms with Crippen LogP contribution in [-0.2, 0) is 31.1 Å². The molecule has 1 aliphatic carbocycles. The fourth-order valence-corrected chi connectivity index (χ4v) is 5.78. The van der Waals surface area contributed by atoms with Crippen molar-refractivity contribution in [2.24, 2.45) is 7.05 Å². The molecule has 240 valence electrons. The first kappa shape index (κ1) is 31.7. The van der Waals surface area contributed by atoms with Gasteiger partial charge in [-0.2, -0.15) is 23.7 Å². The second-order valence-corrected chi connectivity index (χ2v) is 11.7. The van der Waals surface area contributed by atoms with E-state index in [9.17, 15) is 28.5 Å². The van der Waals surface area contributed by atoms with Gasteiger partial charge in [0.1, 0.15) is 18.0 Å². The maximum absolute atomic E-state index is 14.4. The Bertz CT molecular complexity index is 1940. The fourth-order valence-electron chi connectivity index (χ4n) is 5.78. The highest BCUT2D eigenvalue weighted by molar-refractivity contribution is 6.10. The molecule has 1 aliphatic heterocycles. The molecule has 0 saturated heterocycles. The zero-order chi connectivity index (χ0) is 33.3. The molecular formula is C33H30F3N9O2. The van der Waals surface area contributed by atoms with Crippen molar-refractivity contribution in [3.05, 3.63) is 76.6 Å². The van der Waals surface area contributed by atoms with Gasteiger partial charge in [-0.1, -0.05) is 0 Å². The average Bonchev–Trinajstić information content (AvgIpc) is 3.52. The summed E-state index contributed by atoms with van der Waals surface area (Å²) >= 11 is 0. The Labute approximate surface area is 268 Å². The largest absolute Gasteiger partial charge is 0.416 e. The molecule has 0 unspecified atom stereocenters. The van der Waals surface area contributed by atoms with Crippen molar-refractivity contribution in [3.8, 4) is 34.7 Å². The number of carbonyl (C=O) groups is 1. The van der Waals surface area contributed by atoms with Crippen LogP contribution in [0.25, 0.3) is 22.5 Å². The second-order valence-electron chi connectivity index (χ2n) is 11.7. The first-order valence-corrected chi connectivity index (χ1v) is 14.9. The van der Waals surface area contributed by atoms with E-state index in [0.29, 0.717) is 52.6 Å². The van der Waals surface area contributed by atoms with E-state index in [0.717, 1.165) is 18.9 Å². The molecule has 1 fully saturated rings. The SMILES string of the molecule is COCCNCc1cc2c(c(C(F)(F)F)c1)CN(c1cc(-c3cc(C#N)ccc3-c3nncn3C)cc(NC3(CC#N)CC3)n1)C2=O. The third kappa shape index (κ3) is 6.38. The standard InChI is InChI=1S/C33H30F3N9O2/c1-44-19-40-43-30(44)23-4-3-20(16-38)11-24(23)22-14-28(42-32(5-6-32)7-8-37)41-29(15-22)45-18-26-25(31(45)46)12-21(17-39-9-10-47-2)13-27(26)33(34,35)36/h3-4,11-15,19,39H,5-7,9-10,17-18H2,1-2H3,(H,41,42). The van der Waals surface area contributed by atoms with Gasteiger partial charge in [0.2, 0.25) is 0 Å². The van der Waals surface area contributed by atoms with Crippen molar-refractivity contribution in [1.82, 2.24) is 25.1 Å². The zero-order valence-corrected chi connectivity index (χ0v) is 25.6. The lowest BCUT2D eigenvalue weighted by molar-refractivity contribution is -0.138. The predicted molar refractivity (Wildman–Crippen MR) is 166 cm³/mol. The molecule has 0 spiro atoms. The van der Waals surface area contributed by atoms with E-state index in [1.54, 1.807) is 48.3 Å². The molecule has 0 bridgehead atoms. The summed E-state index contributed by atoms with van der Waals surface area (Å²) in [5.74, 6) is 0.376. The van der Waals surface area contributed by atoms with Crippen LogP contribution in [0.1, 0.15) is 51.9 Å². The number of carbonyl (C=O) groups excluding carboxylic acids is 1. The van der Waals surface area contributed by atoms with Gasteiger partial charge in [-0.05, 0) is 77.6 Å². The molecule has 2 aromatic heterocycles. The highest BCUT2D eigenvalue weighted by Gasteiger charge is 2.44. The Morgan fingerprint density at radius 1 is 1.09 bits per heavy atom. The number of hydrogen-bond acceptors (Lipinski definition) is 9. The number of nitrogens with zero attached hydrogens (tertiary/aromatic N) is 7. The quantitative estimate of drug-likeness (QED) is 0.211. The fraction of sp³-hybridized carbons (Fsp3) is 0.333. The van der Waals surface area contributed by atoms with Gasteiger partial charge in [-0.15, -0.1) is 10.2 Å². The molecule has 3 heterocycles. The number of benzene rings is 2. The summed E-state index contributed by atoms with van der Waals surface area (Å²) < 4.78 is 49.8. The van der Waals surface area contributed by atoms with Crippen LogP contribution < -0.4 is 15.5 Å². The van der Waals surface area contributed by atoms with Gasteiger partial charge in [0.05, 0.1) is 48.4 Å². The van der Waals surface area contributed by atoms with E-state index >= 15 is 0 Å². The number of aromatic nitrogens is 4. The molecular weight excluding hydrogens is 611 g/mol. The molecule has 11 nitrogen and oxygen atoms in total. The number of anilines is 2. The number of ether oxygens (including phenoxy) is 1. The maximum Gasteiger partial charge on any atom is 0.416 e.